The van der Waals surface area contributed by atoms with Crippen LogP contribution in [-0.2, 0) is 4.79 Å². The Morgan fingerprint density at radius 1 is 1.67 bits per heavy atom. The number of hydrogen-bond donors (Lipinski definition) is 1. The molecule has 1 rings (SSSR count). The molecule has 0 bridgehead atoms. The van der Waals surface area contributed by atoms with Gasteiger partial charge in [-0.15, -0.1) is 0 Å². The predicted octanol–water partition coefficient (Wildman–Crippen LogP) is 1.95. The van der Waals surface area contributed by atoms with Crippen molar-refractivity contribution in [3.05, 3.63) is 0 Å². The SMILES string of the molecule is CCC(=O)NC(C)C1CC1(C)C. The molecule has 0 saturated heterocycles. The second-order valence-electron chi connectivity index (χ2n) is 4.51. The van der Waals surface area contributed by atoms with Crippen LogP contribution in [0.1, 0.15) is 40.5 Å². The zero-order valence-electron chi connectivity index (χ0n) is 8.48. The first-order chi connectivity index (χ1) is 5.47. The second-order valence-corrected chi connectivity index (χ2v) is 4.51. The minimum Gasteiger partial charge on any atom is -0.353 e. The maximum absolute atomic E-state index is 11.1. The van der Waals surface area contributed by atoms with Gasteiger partial charge in [-0.25, -0.2) is 0 Å². The summed E-state index contributed by atoms with van der Waals surface area (Å²) in [6, 6.07) is 0.354. The van der Waals surface area contributed by atoms with Crippen molar-refractivity contribution in [2.45, 2.75) is 46.6 Å². The molecule has 1 aliphatic rings. The molecule has 1 aliphatic carbocycles. The van der Waals surface area contributed by atoms with Crippen LogP contribution in [0.25, 0.3) is 0 Å². The fraction of sp³-hybridized carbons (Fsp3) is 0.900. The van der Waals surface area contributed by atoms with Crippen LogP contribution in [0.5, 0.6) is 0 Å². The molecule has 2 unspecified atom stereocenters. The zero-order chi connectivity index (χ0) is 9.35. The van der Waals surface area contributed by atoms with E-state index >= 15 is 0 Å². The molecule has 0 aromatic carbocycles. The van der Waals surface area contributed by atoms with E-state index in [2.05, 4.69) is 26.1 Å². The Balaban J connectivity index is 2.31. The molecule has 1 saturated carbocycles. The molecule has 2 atom stereocenters. The third-order valence-electron chi connectivity index (χ3n) is 2.90. The summed E-state index contributed by atoms with van der Waals surface area (Å²) in [6.45, 7) is 8.51. The number of rotatable bonds is 3. The van der Waals surface area contributed by atoms with E-state index in [-0.39, 0.29) is 5.91 Å². The average Bonchev–Trinajstić information content (AvgIpc) is 2.59. The van der Waals surface area contributed by atoms with Crippen molar-refractivity contribution in [1.82, 2.24) is 5.32 Å². The minimum absolute atomic E-state index is 0.171. The first-order valence-corrected chi connectivity index (χ1v) is 4.76. The van der Waals surface area contributed by atoms with E-state index in [0.29, 0.717) is 23.8 Å². The van der Waals surface area contributed by atoms with Crippen molar-refractivity contribution < 1.29 is 4.79 Å². The van der Waals surface area contributed by atoms with Gasteiger partial charge in [-0.2, -0.15) is 0 Å². The van der Waals surface area contributed by atoms with Gasteiger partial charge in [0.05, 0.1) is 0 Å². The molecule has 2 heteroatoms. The van der Waals surface area contributed by atoms with Crippen LogP contribution in [0.15, 0.2) is 0 Å². The largest absolute Gasteiger partial charge is 0.353 e. The van der Waals surface area contributed by atoms with E-state index in [1.54, 1.807) is 0 Å². The molecular weight excluding hydrogens is 150 g/mol. The lowest BCUT2D eigenvalue weighted by Gasteiger charge is -2.14. The van der Waals surface area contributed by atoms with Gasteiger partial charge in [0, 0.05) is 12.5 Å². The predicted molar refractivity (Wildman–Crippen MR) is 49.8 cm³/mol. The normalized spacial score (nSPS) is 27.8. The molecule has 1 amide bonds. The minimum atomic E-state index is 0.171. The summed E-state index contributed by atoms with van der Waals surface area (Å²) >= 11 is 0. The molecule has 2 nitrogen and oxygen atoms in total. The lowest BCUT2D eigenvalue weighted by Crippen LogP contribution is -2.34. The van der Waals surface area contributed by atoms with Crippen molar-refractivity contribution in [3.8, 4) is 0 Å². The molecule has 0 aromatic rings. The number of nitrogens with one attached hydrogen (secondary N) is 1. The molecule has 70 valence electrons. The highest BCUT2D eigenvalue weighted by atomic mass is 16.1. The third kappa shape index (κ3) is 1.99. The standard InChI is InChI=1S/C10H19NO/c1-5-9(12)11-7(2)8-6-10(8,3)4/h7-8H,5-6H2,1-4H3,(H,11,12). The van der Waals surface area contributed by atoms with Crippen LogP contribution in [0.3, 0.4) is 0 Å². The van der Waals surface area contributed by atoms with Crippen molar-refractivity contribution in [2.24, 2.45) is 11.3 Å². The molecule has 0 aliphatic heterocycles. The zero-order valence-corrected chi connectivity index (χ0v) is 8.48. The van der Waals surface area contributed by atoms with Gasteiger partial charge in [0.15, 0.2) is 0 Å². The van der Waals surface area contributed by atoms with Gasteiger partial charge in [-0.1, -0.05) is 20.8 Å². The summed E-state index contributed by atoms with van der Waals surface area (Å²) in [5, 5.41) is 3.01. The van der Waals surface area contributed by atoms with Gasteiger partial charge < -0.3 is 5.32 Å². The van der Waals surface area contributed by atoms with Gasteiger partial charge in [0.25, 0.3) is 0 Å². The van der Waals surface area contributed by atoms with Crippen molar-refractivity contribution in [1.29, 1.82) is 0 Å². The Morgan fingerprint density at radius 3 is 2.50 bits per heavy atom. The summed E-state index contributed by atoms with van der Waals surface area (Å²) in [4.78, 5) is 11.1. The highest BCUT2D eigenvalue weighted by molar-refractivity contribution is 5.75. The summed E-state index contributed by atoms with van der Waals surface area (Å²) in [7, 11) is 0. The molecule has 0 heterocycles. The lowest BCUT2D eigenvalue weighted by atomic mass is 10.1. The van der Waals surface area contributed by atoms with Crippen LogP contribution < -0.4 is 5.32 Å². The Morgan fingerprint density at radius 2 is 2.17 bits per heavy atom. The first-order valence-electron chi connectivity index (χ1n) is 4.76. The van der Waals surface area contributed by atoms with E-state index in [0.717, 1.165) is 0 Å². The fourth-order valence-corrected chi connectivity index (χ4v) is 1.82. The van der Waals surface area contributed by atoms with E-state index in [9.17, 15) is 4.79 Å². The van der Waals surface area contributed by atoms with Gasteiger partial charge in [0.1, 0.15) is 0 Å². The highest BCUT2D eigenvalue weighted by Gasteiger charge is 2.48. The topological polar surface area (TPSA) is 29.1 Å². The summed E-state index contributed by atoms with van der Waals surface area (Å²) in [5.74, 6) is 0.859. The molecule has 1 N–H and O–H groups in total. The van der Waals surface area contributed by atoms with Crippen molar-refractivity contribution in [2.75, 3.05) is 0 Å². The fourth-order valence-electron chi connectivity index (χ4n) is 1.82. The summed E-state index contributed by atoms with van der Waals surface area (Å²) in [6.07, 6.45) is 1.84. The van der Waals surface area contributed by atoms with Gasteiger partial charge in [-0.05, 0) is 24.7 Å². The lowest BCUT2D eigenvalue weighted by molar-refractivity contribution is -0.121. The smallest absolute Gasteiger partial charge is 0.219 e. The molecule has 12 heavy (non-hydrogen) atoms. The van der Waals surface area contributed by atoms with E-state index < -0.39 is 0 Å². The molecular formula is C10H19NO. The Hall–Kier alpha value is -0.530. The molecule has 0 spiro atoms. The monoisotopic (exact) mass is 169 g/mol. The maximum Gasteiger partial charge on any atom is 0.219 e. The highest BCUT2D eigenvalue weighted by Crippen LogP contribution is 2.53. The third-order valence-corrected chi connectivity index (χ3v) is 2.90. The Bertz CT molecular complexity index is 186. The second kappa shape index (κ2) is 3.08. The van der Waals surface area contributed by atoms with Crippen LogP contribution in [-0.4, -0.2) is 11.9 Å². The summed E-state index contributed by atoms with van der Waals surface area (Å²) in [5.41, 5.74) is 0.459. The van der Waals surface area contributed by atoms with Crippen LogP contribution in [0.4, 0.5) is 0 Å². The van der Waals surface area contributed by atoms with Crippen molar-refractivity contribution in [3.63, 3.8) is 0 Å². The molecule has 0 aromatic heterocycles. The first kappa shape index (κ1) is 9.56. The summed E-state index contributed by atoms with van der Waals surface area (Å²) < 4.78 is 0. The molecule has 0 radical (unpaired) electrons. The maximum atomic E-state index is 11.1. The van der Waals surface area contributed by atoms with Gasteiger partial charge >= 0.3 is 0 Å². The number of amides is 1. The quantitative estimate of drug-likeness (QED) is 0.687. The van der Waals surface area contributed by atoms with E-state index in [4.69, 9.17) is 0 Å². The number of carbonyl (C=O) groups is 1. The molecule has 1 fully saturated rings. The van der Waals surface area contributed by atoms with Crippen LogP contribution in [0, 0.1) is 11.3 Å². The van der Waals surface area contributed by atoms with Gasteiger partial charge in [-0.3, -0.25) is 4.79 Å². The van der Waals surface area contributed by atoms with E-state index in [1.165, 1.54) is 6.42 Å². The number of hydrogen-bond acceptors (Lipinski definition) is 1. The Labute approximate surface area is 74.7 Å². The Kier molecular flexibility index (Phi) is 2.45. The van der Waals surface area contributed by atoms with Gasteiger partial charge in [0.2, 0.25) is 5.91 Å². The van der Waals surface area contributed by atoms with Crippen LogP contribution in [0.2, 0.25) is 0 Å². The average molecular weight is 169 g/mol. The van der Waals surface area contributed by atoms with E-state index in [1.807, 2.05) is 6.92 Å². The van der Waals surface area contributed by atoms with Crippen LogP contribution >= 0.6 is 0 Å². The van der Waals surface area contributed by atoms with Crippen molar-refractivity contribution >= 4 is 5.91 Å². The number of carbonyl (C=O) groups excluding carboxylic acids is 1.